The van der Waals surface area contributed by atoms with Gasteiger partial charge in [0.15, 0.2) is 0 Å². The van der Waals surface area contributed by atoms with Crippen molar-refractivity contribution in [1.29, 1.82) is 0 Å². The number of aliphatic hydroxyl groups is 1. The van der Waals surface area contributed by atoms with Crippen molar-refractivity contribution in [2.24, 2.45) is 0 Å². The molecule has 0 aliphatic carbocycles. The molecule has 0 aromatic heterocycles. The van der Waals surface area contributed by atoms with Crippen molar-refractivity contribution in [1.82, 2.24) is 4.72 Å². The SMILES string of the molecule is CC(CCCO)NS(=O)(=O)c1ccccc1OC(F)(F)F. The van der Waals surface area contributed by atoms with Gasteiger partial charge in [0, 0.05) is 12.6 Å². The molecule has 5 nitrogen and oxygen atoms in total. The Labute approximate surface area is 120 Å². The molecule has 1 rings (SSSR count). The largest absolute Gasteiger partial charge is 0.573 e. The van der Waals surface area contributed by atoms with Crippen molar-refractivity contribution in [3.8, 4) is 5.75 Å². The van der Waals surface area contributed by atoms with Crippen LogP contribution >= 0.6 is 0 Å². The molecule has 0 radical (unpaired) electrons. The Morgan fingerprint density at radius 2 is 1.95 bits per heavy atom. The predicted molar refractivity (Wildman–Crippen MR) is 69.2 cm³/mol. The van der Waals surface area contributed by atoms with E-state index in [0.29, 0.717) is 12.8 Å². The minimum atomic E-state index is -4.98. The van der Waals surface area contributed by atoms with Crippen LogP contribution in [0.15, 0.2) is 29.2 Å². The maximum Gasteiger partial charge on any atom is 0.573 e. The number of aliphatic hydroxyl groups excluding tert-OH is 1. The first-order chi connectivity index (χ1) is 9.65. The highest BCUT2D eigenvalue weighted by molar-refractivity contribution is 7.89. The third-order valence-electron chi connectivity index (χ3n) is 2.52. The van der Waals surface area contributed by atoms with E-state index < -0.39 is 33.1 Å². The Balaban J connectivity index is 2.98. The molecule has 120 valence electrons. The molecular weight excluding hydrogens is 311 g/mol. The number of alkyl halides is 3. The van der Waals surface area contributed by atoms with Crippen molar-refractivity contribution in [3.63, 3.8) is 0 Å². The molecule has 2 N–H and O–H groups in total. The normalized spacial score (nSPS) is 14.0. The highest BCUT2D eigenvalue weighted by atomic mass is 32.2. The minimum absolute atomic E-state index is 0.0974. The first-order valence-corrected chi connectivity index (χ1v) is 7.62. The van der Waals surface area contributed by atoms with E-state index in [9.17, 15) is 21.6 Å². The maximum atomic E-state index is 12.3. The Bertz CT molecular complexity index is 560. The fourth-order valence-corrected chi connectivity index (χ4v) is 3.07. The summed E-state index contributed by atoms with van der Waals surface area (Å²) in [5.41, 5.74) is 0. The zero-order valence-electron chi connectivity index (χ0n) is 11.2. The smallest absolute Gasteiger partial charge is 0.404 e. The van der Waals surface area contributed by atoms with Crippen molar-refractivity contribution >= 4 is 10.0 Å². The number of nitrogens with one attached hydrogen (secondary N) is 1. The summed E-state index contributed by atoms with van der Waals surface area (Å²) >= 11 is 0. The topological polar surface area (TPSA) is 75.6 Å². The lowest BCUT2D eigenvalue weighted by Gasteiger charge is -2.16. The average molecular weight is 327 g/mol. The molecule has 9 heteroatoms. The van der Waals surface area contributed by atoms with Gasteiger partial charge in [-0.15, -0.1) is 13.2 Å². The van der Waals surface area contributed by atoms with E-state index in [1.165, 1.54) is 12.1 Å². The molecule has 21 heavy (non-hydrogen) atoms. The van der Waals surface area contributed by atoms with Gasteiger partial charge < -0.3 is 9.84 Å². The summed E-state index contributed by atoms with van der Waals surface area (Å²) in [5, 5.41) is 8.68. The number of rotatable bonds is 7. The molecule has 1 atom stereocenters. The molecule has 0 bridgehead atoms. The second-order valence-corrected chi connectivity index (χ2v) is 6.07. The number of hydrogen-bond donors (Lipinski definition) is 2. The van der Waals surface area contributed by atoms with Crippen LogP contribution < -0.4 is 9.46 Å². The third-order valence-corrected chi connectivity index (χ3v) is 4.14. The van der Waals surface area contributed by atoms with Crippen LogP contribution in [0, 0.1) is 0 Å². The molecule has 0 fully saturated rings. The number of benzene rings is 1. The summed E-state index contributed by atoms with van der Waals surface area (Å²) in [6.45, 7) is 1.46. The fourth-order valence-electron chi connectivity index (χ4n) is 1.67. The number of ether oxygens (including phenoxy) is 1. The van der Waals surface area contributed by atoms with E-state index in [1.807, 2.05) is 0 Å². The minimum Gasteiger partial charge on any atom is -0.404 e. The summed E-state index contributed by atoms with van der Waals surface area (Å²) in [6.07, 6.45) is -4.24. The Hall–Kier alpha value is -1.32. The standard InChI is InChI=1S/C12H16F3NO4S/c1-9(5-4-8-17)16-21(18,19)11-7-3-2-6-10(11)20-12(13,14)15/h2-3,6-7,9,16-17H,4-5,8H2,1H3. The van der Waals surface area contributed by atoms with Gasteiger partial charge in [-0.1, -0.05) is 12.1 Å². The quantitative estimate of drug-likeness (QED) is 0.803. The molecule has 0 saturated carbocycles. The molecule has 1 aromatic rings. The van der Waals surface area contributed by atoms with Gasteiger partial charge >= 0.3 is 6.36 Å². The maximum absolute atomic E-state index is 12.3. The molecule has 0 heterocycles. The number of sulfonamides is 1. The van der Waals surface area contributed by atoms with Crippen molar-refractivity contribution in [3.05, 3.63) is 24.3 Å². The first-order valence-electron chi connectivity index (χ1n) is 6.13. The van der Waals surface area contributed by atoms with Gasteiger partial charge in [0.1, 0.15) is 10.6 Å². The van der Waals surface area contributed by atoms with E-state index in [2.05, 4.69) is 9.46 Å². The average Bonchev–Trinajstić information content (AvgIpc) is 2.34. The van der Waals surface area contributed by atoms with Gasteiger partial charge in [0.25, 0.3) is 0 Å². The lowest BCUT2D eigenvalue weighted by molar-refractivity contribution is -0.275. The van der Waals surface area contributed by atoms with Crippen LogP contribution in [-0.2, 0) is 10.0 Å². The second kappa shape index (κ2) is 7.10. The lowest BCUT2D eigenvalue weighted by atomic mass is 10.2. The van der Waals surface area contributed by atoms with Crippen LogP contribution in [0.4, 0.5) is 13.2 Å². The molecule has 0 saturated heterocycles. The summed E-state index contributed by atoms with van der Waals surface area (Å²) in [7, 11) is -4.15. The molecule has 0 aliphatic heterocycles. The van der Waals surface area contributed by atoms with Crippen LogP contribution in [0.3, 0.4) is 0 Å². The molecule has 0 amide bonds. The highest BCUT2D eigenvalue weighted by Gasteiger charge is 2.34. The van der Waals surface area contributed by atoms with Gasteiger partial charge in [-0.05, 0) is 31.9 Å². The van der Waals surface area contributed by atoms with Crippen molar-refractivity contribution in [2.45, 2.75) is 37.1 Å². The van der Waals surface area contributed by atoms with Gasteiger partial charge in [0.05, 0.1) is 0 Å². The molecule has 1 aromatic carbocycles. The molecular formula is C12H16F3NO4S. The van der Waals surface area contributed by atoms with Crippen LogP contribution in [0.25, 0.3) is 0 Å². The van der Waals surface area contributed by atoms with Gasteiger partial charge in [-0.25, -0.2) is 13.1 Å². The summed E-state index contributed by atoms with van der Waals surface area (Å²) < 4.78 is 67.0. The van der Waals surface area contributed by atoms with Crippen molar-refractivity contribution in [2.75, 3.05) is 6.61 Å². The number of halogens is 3. The number of hydrogen-bond acceptors (Lipinski definition) is 4. The van der Waals surface area contributed by atoms with Crippen LogP contribution in [0.2, 0.25) is 0 Å². The van der Waals surface area contributed by atoms with Crippen molar-refractivity contribution < 1.29 is 31.4 Å². The van der Waals surface area contributed by atoms with E-state index >= 15 is 0 Å². The molecule has 1 unspecified atom stereocenters. The zero-order valence-corrected chi connectivity index (χ0v) is 12.0. The highest BCUT2D eigenvalue weighted by Crippen LogP contribution is 2.29. The summed E-state index contributed by atoms with van der Waals surface area (Å²) in [4.78, 5) is -0.585. The Morgan fingerprint density at radius 3 is 2.52 bits per heavy atom. The monoisotopic (exact) mass is 327 g/mol. The molecule has 0 spiro atoms. The van der Waals surface area contributed by atoms with Crippen LogP contribution in [-0.4, -0.2) is 32.5 Å². The van der Waals surface area contributed by atoms with Crippen LogP contribution in [0.5, 0.6) is 5.75 Å². The van der Waals surface area contributed by atoms with Crippen LogP contribution in [0.1, 0.15) is 19.8 Å². The molecule has 0 aliphatic rings. The third kappa shape index (κ3) is 5.90. The second-order valence-electron chi connectivity index (χ2n) is 4.38. The zero-order chi connectivity index (χ0) is 16.1. The first kappa shape index (κ1) is 17.7. The Kier molecular flexibility index (Phi) is 5.99. The van der Waals surface area contributed by atoms with Gasteiger partial charge in [-0.3, -0.25) is 0 Å². The summed E-state index contributed by atoms with van der Waals surface area (Å²) in [6, 6.07) is 3.98. The predicted octanol–water partition coefficient (Wildman–Crippen LogP) is 2.02. The van der Waals surface area contributed by atoms with E-state index in [1.54, 1.807) is 6.92 Å². The lowest BCUT2D eigenvalue weighted by Crippen LogP contribution is -2.33. The summed E-state index contributed by atoms with van der Waals surface area (Å²) in [5.74, 6) is -0.785. The fraction of sp³-hybridized carbons (Fsp3) is 0.500. The van der Waals surface area contributed by atoms with Gasteiger partial charge in [-0.2, -0.15) is 0 Å². The van der Waals surface area contributed by atoms with E-state index in [-0.39, 0.29) is 6.61 Å². The van der Waals surface area contributed by atoms with E-state index in [4.69, 9.17) is 5.11 Å². The number of para-hydroxylation sites is 1. The Morgan fingerprint density at radius 1 is 1.33 bits per heavy atom. The van der Waals surface area contributed by atoms with E-state index in [0.717, 1.165) is 12.1 Å². The van der Waals surface area contributed by atoms with Gasteiger partial charge in [0.2, 0.25) is 10.0 Å².